The van der Waals surface area contributed by atoms with Gasteiger partial charge in [-0.25, -0.2) is 8.42 Å². The predicted octanol–water partition coefficient (Wildman–Crippen LogP) is 7.40. The van der Waals surface area contributed by atoms with Gasteiger partial charge in [0.15, 0.2) is 0 Å². The predicted molar refractivity (Wildman–Crippen MR) is 181 cm³/mol. The average molecular weight is 687 g/mol. The van der Waals surface area contributed by atoms with Crippen LogP contribution in [-0.2, 0) is 32.6 Å². The number of benzene rings is 4. The molecule has 4 rings (SSSR count). The Hall–Kier alpha value is -3.56. The highest BCUT2D eigenvalue weighted by Gasteiger charge is 2.35. The lowest BCUT2D eigenvalue weighted by Gasteiger charge is -2.34. The summed E-state index contributed by atoms with van der Waals surface area (Å²) in [6.07, 6.45) is 1.84. The zero-order valence-corrected chi connectivity index (χ0v) is 27.8. The molecule has 0 aliphatic carbocycles. The molecule has 1 N–H and O–H groups in total. The number of carbonyl (C=O) groups excluding carboxylic acids is 2. The number of hydrogen-bond acceptors (Lipinski definition) is 4. The number of hydrogen-bond donors (Lipinski definition) is 1. The fourth-order valence-electron chi connectivity index (χ4n) is 4.79. The van der Waals surface area contributed by atoms with Crippen LogP contribution in [0.3, 0.4) is 0 Å². The van der Waals surface area contributed by atoms with Gasteiger partial charge in [-0.2, -0.15) is 0 Å². The second kappa shape index (κ2) is 16.1. The highest BCUT2D eigenvalue weighted by Crippen LogP contribution is 2.33. The number of halogens is 3. The molecule has 45 heavy (non-hydrogen) atoms. The standard InChI is InChI=1S/C34H34Cl3N3O4S/c1-2-3-20-38-34(42)32(21-25-12-6-4-7-13-25)39(23-26-14-10-11-17-29(26)36)33(41)24-40(31-19-18-27(35)22-30(31)37)45(43,44)28-15-8-5-9-16-28/h4-19,22,32H,2-3,20-21,23-24H2,1H3,(H,38,42). The molecule has 0 saturated carbocycles. The molecule has 0 fully saturated rings. The molecule has 0 aromatic heterocycles. The maximum atomic E-state index is 14.5. The van der Waals surface area contributed by atoms with E-state index in [-0.39, 0.29) is 34.5 Å². The smallest absolute Gasteiger partial charge is 0.264 e. The van der Waals surface area contributed by atoms with E-state index in [0.717, 1.165) is 22.7 Å². The Bertz CT molecular complexity index is 1710. The van der Waals surface area contributed by atoms with E-state index in [0.29, 0.717) is 22.2 Å². The molecule has 0 heterocycles. The fraction of sp³-hybridized carbons (Fsp3) is 0.235. The highest BCUT2D eigenvalue weighted by atomic mass is 35.5. The van der Waals surface area contributed by atoms with Crippen LogP contribution >= 0.6 is 34.8 Å². The van der Waals surface area contributed by atoms with Crippen LogP contribution in [0, 0.1) is 0 Å². The lowest BCUT2D eigenvalue weighted by molar-refractivity contribution is -0.140. The Morgan fingerprint density at radius 2 is 1.47 bits per heavy atom. The van der Waals surface area contributed by atoms with Crippen LogP contribution in [0.25, 0.3) is 0 Å². The van der Waals surface area contributed by atoms with Crippen molar-refractivity contribution in [3.63, 3.8) is 0 Å². The van der Waals surface area contributed by atoms with E-state index in [9.17, 15) is 18.0 Å². The molecule has 2 amide bonds. The first-order valence-corrected chi connectivity index (χ1v) is 17.1. The van der Waals surface area contributed by atoms with Crippen LogP contribution in [0.15, 0.2) is 108 Å². The molecule has 7 nitrogen and oxygen atoms in total. The number of carbonyl (C=O) groups is 2. The Morgan fingerprint density at radius 3 is 2.11 bits per heavy atom. The third kappa shape index (κ3) is 9.01. The average Bonchev–Trinajstić information content (AvgIpc) is 3.03. The second-order valence-electron chi connectivity index (χ2n) is 10.4. The molecular formula is C34H34Cl3N3O4S. The molecule has 0 aliphatic rings. The largest absolute Gasteiger partial charge is 0.354 e. The summed E-state index contributed by atoms with van der Waals surface area (Å²) >= 11 is 19.2. The first kappa shape index (κ1) is 34.3. The third-order valence-corrected chi connectivity index (χ3v) is 9.87. The van der Waals surface area contributed by atoms with Crippen molar-refractivity contribution < 1.29 is 18.0 Å². The maximum Gasteiger partial charge on any atom is 0.264 e. The van der Waals surface area contributed by atoms with Crippen LogP contribution in [0.2, 0.25) is 15.1 Å². The summed E-state index contributed by atoms with van der Waals surface area (Å²) in [5.41, 5.74) is 1.51. The first-order valence-electron chi connectivity index (χ1n) is 14.5. The number of anilines is 1. The van der Waals surface area contributed by atoms with Crippen LogP contribution in [0.4, 0.5) is 5.69 Å². The summed E-state index contributed by atoms with van der Waals surface area (Å²) in [6.45, 7) is 1.77. The van der Waals surface area contributed by atoms with E-state index in [4.69, 9.17) is 34.8 Å². The number of nitrogens with zero attached hydrogens (tertiary/aromatic N) is 2. The molecule has 0 radical (unpaired) electrons. The lowest BCUT2D eigenvalue weighted by atomic mass is 10.0. The number of sulfonamides is 1. The van der Waals surface area contributed by atoms with E-state index >= 15 is 0 Å². The summed E-state index contributed by atoms with van der Waals surface area (Å²) in [7, 11) is -4.29. The number of unbranched alkanes of at least 4 members (excludes halogenated alkanes) is 1. The van der Waals surface area contributed by atoms with E-state index in [1.807, 2.05) is 37.3 Å². The van der Waals surface area contributed by atoms with Gasteiger partial charge in [0, 0.05) is 29.6 Å². The number of rotatable bonds is 14. The minimum atomic E-state index is -4.29. The zero-order valence-electron chi connectivity index (χ0n) is 24.7. The SMILES string of the molecule is CCCCNC(=O)C(Cc1ccccc1)N(Cc1ccccc1Cl)C(=O)CN(c1ccc(Cl)cc1Cl)S(=O)(=O)c1ccccc1. The first-order chi connectivity index (χ1) is 21.6. The molecule has 1 atom stereocenters. The lowest BCUT2D eigenvalue weighted by Crippen LogP contribution is -2.53. The molecular weight excluding hydrogens is 653 g/mol. The Kier molecular flexibility index (Phi) is 12.3. The highest BCUT2D eigenvalue weighted by molar-refractivity contribution is 7.92. The van der Waals surface area contributed by atoms with Crippen molar-refractivity contribution in [2.24, 2.45) is 0 Å². The van der Waals surface area contributed by atoms with Gasteiger partial charge in [0.1, 0.15) is 12.6 Å². The summed E-state index contributed by atoms with van der Waals surface area (Å²) in [4.78, 5) is 29.7. The van der Waals surface area contributed by atoms with Gasteiger partial charge in [0.25, 0.3) is 10.0 Å². The third-order valence-electron chi connectivity index (χ3n) is 7.19. The van der Waals surface area contributed by atoms with Crippen molar-refractivity contribution in [3.8, 4) is 0 Å². The van der Waals surface area contributed by atoms with Gasteiger partial charge >= 0.3 is 0 Å². The van der Waals surface area contributed by atoms with E-state index < -0.39 is 28.5 Å². The zero-order chi connectivity index (χ0) is 32.4. The summed E-state index contributed by atoms with van der Waals surface area (Å²) < 4.78 is 29.1. The molecule has 236 valence electrons. The van der Waals surface area contributed by atoms with Gasteiger partial charge in [-0.15, -0.1) is 0 Å². The molecule has 0 bridgehead atoms. The van der Waals surface area contributed by atoms with Crippen molar-refractivity contribution in [2.45, 2.75) is 43.7 Å². The van der Waals surface area contributed by atoms with Crippen LogP contribution < -0.4 is 9.62 Å². The Labute approximate surface area is 279 Å². The minimum absolute atomic E-state index is 0.0281. The van der Waals surface area contributed by atoms with Gasteiger partial charge in [0.2, 0.25) is 11.8 Å². The summed E-state index contributed by atoms with van der Waals surface area (Å²) in [5.74, 6) is -0.971. The molecule has 0 saturated heterocycles. The topological polar surface area (TPSA) is 86.8 Å². The van der Waals surface area contributed by atoms with Crippen LogP contribution in [0.5, 0.6) is 0 Å². The van der Waals surface area contributed by atoms with Crippen LogP contribution in [-0.4, -0.2) is 44.3 Å². The molecule has 1 unspecified atom stereocenters. The molecule has 4 aromatic rings. The van der Waals surface area contributed by atoms with E-state index in [2.05, 4.69) is 5.32 Å². The van der Waals surface area contributed by atoms with Gasteiger partial charge in [-0.3, -0.25) is 13.9 Å². The van der Waals surface area contributed by atoms with Gasteiger partial charge < -0.3 is 10.2 Å². The normalized spacial score (nSPS) is 11.9. The maximum absolute atomic E-state index is 14.5. The van der Waals surface area contributed by atoms with Crippen molar-refractivity contribution in [1.82, 2.24) is 10.2 Å². The second-order valence-corrected chi connectivity index (χ2v) is 13.5. The quantitative estimate of drug-likeness (QED) is 0.140. The molecule has 11 heteroatoms. The monoisotopic (exact) mass is 685 g/mol. The molecule has 4 aromatic carbocycles. The number of nitrogens with one attached hydrogen (secondary N) is 1. The molecule has 0 spiro atoms. The molecule has 0 aliphatic heterocycles. The van der Waals surface area contributed by atoms with E-state index in [1.165, 1.54) is 35.2 Å². The number of amides is 2. The van der Waals surface area contributed by atoms with Crippen molar-refractivity contribution in [3.05, 3.63) is 129 Å². The van der Waals surface area contributed by atoms with Crippen molar-refractivity contribution in [2.75, 3.05) is 17.4 Å². The van der Waals surface area contributed by atoms with E-state index in [1.54, 1.807) is 42.5 Å². The minimum Gasteiger partial charge on any atom is -0.354 e. The van der Waals surface area contributed by atoms with Crippen molar-refractivity contribution >= 4 is 62.3 Å². The fourth-order valence-corrected chi connectivity index (χ4v) is 7.00. The Morgan fingerprint density at radius 1 is 0.822 bits per heavy atom. The summed E-state index contributed by atoms with van der Waals surface area (Å²) in [6, 6.07) is 27.5. The van der Waals surface area contributed by atoms with Gasteiger partial charge in [-0.1, -0.05) is 115 Å². The Balaban J connectivity index is 1.81. The summed E-state index contributed by atoms with van der Waals surface area (Å²) in [5, 5.41) is 3.73. The van der Waals surface area contributed by atoms with Gasteiger partial charge in [-0.05, 0) is 53.9 Å². The van der Waals surface area contributed by atoms with Crippen molar-refractivity contribution in [1.29, 1.82) is 0 Å². The van der Waals surface area contributed by atoms with Gasteiger partial charge in [0.05, 0.1) is 15.6 Å². The van der Waals surface area contributed by atoms with Crippen LogP contribution in [0.1, 0.15) is 30.9 Å².